The number of hydrogen-bond donors (Lipinski definition) is 1. The highest BCUT2D eigenvalue weighted by Crippen LogP contribution is 2.24. The molecule has 1 unspecified atom stereocenters. The van der Waals surface area contributed by atoms with Crippen molar-refractivity contribution >= 4 is 5.97 Å². The Morgan fingerprint density at radius 2 is 2.58 bits per heavy atom. The van der Waals surface area contributed by atoms with Crippen LogP contribution < -0.4 is 0 Å². The van der Waals surface area contributed by atoms with E-state index in [2.05, 4.69) is 4.74 Å². The van der Waals surface area contributed by atoms with Crippen LogP contribution in [0.5, 0.6) is 0 Å². The van der Waals surface area contributed by atoms with Crippen LogP contribution in [0.25, 0.3) is 0 Å². The Morgan fingerprint density at radius 3 is 3.00 bits per heavy atom. The zero-order chi connectivity index (χ0) is 9.03. The van der Waals surface area contributed by atoms with Crippen LogP contribution in [0.3, 0.4) is 0 Å². The SMILES string of the molecule is COC(=O)C1(CO)CCC=CO1. The Morgan fingerprint density at radius 1 is 1.83 bits per heavy atom. The van der Waals surface area contributed by atoms with Gasteiger partial charge in [0.15, 0.2) is 0 Å². The van der Waals surface area contributed by atoms with E-state index in [9.17, 15) is 4.79 Å². The zero-order valence-corrected chi connectivity index (χ0v) is 6.95. The quantitative estimate of drug-likeness (QED) is 0.605. The van der Waals surface area contributed by atoms with Crippen LogP contribution in [0.4, 0.5) is 0 Å². The minimum atomic E-state index is -1.16. The van der Waals surface area contributed by atoms with Gasteiger partial charge in [0.25, 0.3) is 0 Å². The minimum absolute atomic E-state index is 0.343. The van der Waals surface area contributed by atoms with Crippen molar-refractivity contribution in [2.75, 3.05) is 13.7 Å². The molecule has 4 heteroatoms. The Bertz CT molecular complexity index is 199. The number of carbonyl (C=O) groups is 1. The van der Waals surface area contributed by atoms with Gasteiger partial charge in [0.05, 0.1) is 20.0 Å². The zero-order valence-electron chi connectivity index (χ0n) is 6.95. The predicted octanol–water partition coefficient (Wildman–Crippen LogP) is 0.215. The first kappa shape index (κ1) is 9.06. The summed E-state index contributed by atoms with van der Waals surface area (Å²) in [4.78, 5) is 11.2. The van der Waals surface area contributed by atoms with Crippen molar-refractivity contribution in [3.05, 3.63) is 12.3 Å². The fourth-order valence-electron chi connectivity index (χ4n) is 1.14. The molecule has 0 amide bonds. The largest absolute Gasteiger partial charge is 0.481 e. The molecule has 0 saturated heterocycles. The molecule has 1 aliphatic rings. The van der Waals surface area contributed by atoms with Gasteiger partial charge in [-0.3, -0.25) is 0 Å². The maximum absolute atomic E-state index is 11.2. The number of allylic oxidation sites excluding steroid dienone is 1. The molecule has 0 saturated carbocycles. The fraction of sp³-hybridized carbons (Fsp3) is 0.625. The molecule has 0 spiro atoms. The lowest BCUT2D eigenvalue weighted by atomic mass is 9.97. The molecule has 4 nitrogen and oxygen atoms in total. The first-order valence-electron chi connectivity index (χ1n) is 3.77. The second-order valence-electron chi connectivity index (χ2n) is 2.67. The van der Waals surface area contributed by atoms with Gasteiger partial charge in [0.1, 0.15) is 0 Å². The van der Waals surface area contributed by atoms with Gasteiger partial charge in [0, 0.05) is 6.42 Å². The van der Waals surface area contributed by atoms with Gasteiger partial charge in [-0.1, -0.05) is 0 Å². The van der Waals surface area contributed by atoms with Crippen LogP contribution in [0.1, 0.15) is 12.8 Å². The molecule has 1 rings (SSSR count). The molecule has 1 N–H and O–H groups in total. The molecule has 0 fully saturated rings. The highest BCUT2D eigenvalue weighted by Gasteiger charge is 2.41. The Balaban J connectivity index is 2.74. The Kier molecular flexibility index (Phi) is 2.70. The van der Waals surface area contributed by atoms with E-state index in [0.717, 1.165) is 6.42 Å². The van der Waals surface area contributed by atoms with Crippen molar-refractivity contribution in [1.29, 1.82) is 0 Å². The van der Waals surface area contributed by atoms with Gasteiger partial charge in [0.2, 0.25) is 5.60 Å². The maximum atomic E-state index is 11.2. The van der Waals surface area contributed by atoms with E-state index in [1.165, 1.54) is 13.4 Å². The number of ether oxygens (including phenoxy) is 2. The number of methoxy groups -OCH3 is 1. The molecule has 0 aromatic heterocycles. The summed E-state index contributed by atoms with van der Waals surface area (Å²) in [5.74, 6) is -0.519. The van der Waals surface area contributed by atoms with Gasteiger partial charge in [-0.2, -0.15) is 0 Å². The summed E-state index contributed by atoms with van der Waals surface area (Å²) in [5, 5.41) is 8.98. The van der Waals surface area contributed by atoms with Crippen molar-refractivity contribution in [2.24, 2.45) is 0 Å². The van der Waals surface area contributed by atoms with Gasteiger partial charge >= 0.3 is 5.97 Å². The van der Waals surface area contributed by atoms with Crippen molar-refractivity contribution in [3.8, 4) is 0 Å². The molecular formula is C8H12O4. The van der Waals surface area contributed by atoms with E-state index in [-0.39, 0.29) is 6.61 Å². The van der Waals surface area contributed by atoms with Gasteiger partial charge in [-0.25, -0.2) is 4.79 Å². The third-order valence-electron chi connectivity index (χ3n) is 1.92. The number of esters is 1. The van der Waals surface area contributed by atoms with E-state index in [1.807, 2.05) is 0 Å². The number of rotatable bonds is 2. The third kappa shape index (κ3) is 1.43. The topological polar surface area (TPSA) is 55.8 Å². The van der Waals surface area contributed by atoms with Crippen LogP contribution in [-0.2, 0) is 14.3 Å². The number of aliphatic hydroxyl groups is 1. The summed E-state index contributed by atoms with van der Waals surface area (Å²) in [7, 11) is 1.28. The van der Waals surface area contributed by atoms with Crippen molar-refractivity contribution in [3.63, 3.8) is 0 Å². The normalized spacial score (nSPS) is 27.8. The molecular weight excluding hydrogens is 160 g/mol. The lowest BCUT2D eigenvalue weighted by Crippen LogP contribution is -2.45. The monoisotopic (exact) mass is 172 g/mol. The summed E-state index contributed by atoms with van der Waals surface area (Å²) in [5.41, 5.74) is -1.16. The highest BCUT2D eigenvalue weighted by atomic mass is 16.6. The second kappa shape index (κ2) is 3.58. The van der Waals surface area contributed by atoms with Crippen molar-refractivity contribution in [2.45, 2.75) is 18.4 Å². The minimum Gasteiger partial charge on any atom is -0.481 e. The molecule has 0 aromatic carbocycles. The van der Waals surface area contributed by atoms with Crippen LogP contribution in [0, 0.1) is 0 Å². The molecule has 1 heterocycles. The first-order valence-corrected chi connectivity index (χ1v) is 3.77. The van der Waals surface area contributed by atoms with Crippen LogP contribution >= 0.6 is 0 Å². The van der Waals surface area contributed by atoms with Gasteiger partial charge < -0.3 is 14.6 Å². The lowest BCUT2D eigenvalue weighted by molar-refractivity contribution is -0.169. The average Bonchev–Trinajstić information content (AvgIpc) is 2.17. The molecule has 1 aliphatic heterocycles. The summed E-state index contributed by atoms with van der Waals surface area (Å²) in [6, 6.07) is 0. The fourth-order valence-corrected chi connectivity index (χ4v) is 1.14. The standard InChI is InChI=1S/C8H12O4/c1-11-7(10)8(6-9)4-2-3-5-12-8/h3,5,9H,2,4,6H2,1H3. The van der Waals surface area contributed by atoms with E-state index >= 15 is 0 Å². The average molecular weight is 172 g/mol. The molecule has 0 aromatic rings. The van der Waals surface area contributed by atoms with E-state index < -0.39 is 11.6 Å². The van der Waals surface area contributed by atoms with Gasteiger partial charge in [-0.05, 0) is 12.5 Å². The molecule has 0 bridgehead atoms. The predicted molar refractivity (Wildman–Crippen MR) is 41.3 cm³/mol. The Hall–Kier alpha value is -1.03. The third-order valence-corrected chi connectivity index (χ3v) is 1.92. The Labute approximate surface area is 70.8 Å². The molecule has 0 aliphatic carbocycles. The van der Waals surface area contributed by atoms with E-state index in [1.54, 1.807) is 6.08 Å². The maximum Gasteiger partial charge on any atom is 0.352 e. The molecule has 1 atom stereocenters. The summed E-state index contributed by atoms with van der Waals surface area (Å²) >= 11 is 0. The van der Waals surface area contributed by atoms with Crippen LogP contribution in [0.15, 0.2) is 12.3 Å². The number of hydrogen-bond acceptors (Lipinski definition) is 4. The van der Waals surface area contributed by atoms with Crippen LogP contribution in [-0.4, -0.2) is 30.4 Å². The summed E-state index contributed by atoms with van der Waals surface area (Å²) in [6.45, 7) is -0.343. The van der Waals surface area contributed by atoms with E-state index in [0.29, 0.717) is 6.42 Å². The summed E-state index contributed by atoms with van der Waals surface area (Å²) < 4.78 is 9.59. The highest BCUT2D eigenvalue weighted by molar-refractivity contribution is 5.80. The van der Waals surface area contributed by atoms with Crippen molar-refractivity contribution in [1.82, 2.24) is 0 Å². The molecule has 0 radical (unpaired) electrons. The number of aliphatic hydroxyl groups excluding tert-OH is 1. The van der Waals surface area contributed by atoms with Crippen molar-refractivity contribution < 1.29 is 19.4 Å². The second-order valence-corrected chi connectivity index (χ2v) is 2.67. The summed E-state index contributed by atoms with van der Waals surface area (Å²) in [6.07, 6.45) is 4.41. The molecule has 68 valence electrons. The van der Waals surface area contributed by atoms with Crippen LogP contribution in [0.2, 0.25) is 0 Å². The number of carbonyl (C=O) groups excluding carboxylic acids is 1. The first-order chi connectivity index (χ1) is 5.75. The van der Waals surface area contributed by atoms with Gasteiger partial charge in [-0.15, -0.1) is 0 Å². The smallest absolute Gasteiger partial charge is 0.352 e. The molecule has 12 heavy (non-hydrogen) atoms. The van der Waals surface area contributed by atoms with E-state index in [4.69, 9.17) is 9.84 Å². The lowest BCUT2D eigenvalue weighted by Gasteiger charge is -2.29.